The second-order valence-electron chi connectivity index (χ2n) is 5.89. The zero-order valence-electron chi connectivity index (χ0n) is 12.9. The first-order chi connectivity index (χ1) is 11.3. The van der Waals surface area contributed by atoms with Crippen LogP contribution in [0.5, 0.6) is 0 Å². The zero-order valence-corrected chi connectivity index (χ0v) is 13.7. The molecule has 23 heavy (non-hydrogen) atoms. The lowest BCUT2D eigenvalue weighted by molar-refractivity contribution is 0.255. The monoisotopic (exact) mass is 327 g/mol. The maximum Gasteiger partial charge on any atom is 0.160 e. The third-order valence-corrected chi connectivity index (χ3v) is 5.67. The van der Waals surface area contributed by atoms with Crippen LogP contribution >= 0.6 is 11.8 Å². The van der Waals surface area contributed by atoms with E-state index in [2.05, 4.69) is 16.8 Å². The number of fused-ring (bicyclic) bond motifs is 1. The predicted molar refractivity (Wildman–Crippen MR) is 91.9 cm³/mol. The number of thioether (sulfide) groups is 1. The van der Waals surface area contributed by atoms with Gasteiger partial charge in [-0.15, -0.1) is 0 Å². The third kappa shape index (κ3) is 2.53. The van der Waals surface area contributed by atoms with Gasteiger partial charge in [-0.3, -0.25) is 9.98 Å². The molecule has 0 amide bonds. The number of hydrogen-bond acceptors (Lipinski definition) is 4. The van der Waals surface area contributed by atoms with E-state index in [-0.39, 0.29) is 17.9 Å². The average molecular weight is 327 g/mol. The van der Waals surface area contributed by atoms with E-state index in [1.165, 1.54) is 12.1 Å². The van der Waals surface area contributed by atoms with Crippen molar-refractivity contribution in [3.63, 3.8) is 0 Å². The van der Waals surface area contributed by atoms with Crippen molar-refractivity contribution in [3.05, 3.63) is 65.7 Å². The van der Waals surface area contributed by atoms with Crippen LogP contribution in [0.15, 0.2) is 53.7 Å². The lowest BCUT2D eigenvalue weighted by atomic mass is 9.95. The fourth-order valence-corrected chi connectivity index (χ4v) is 4.71. The second kappa shape index (κ2) is 5.96. The lowest BCUT2D eigenvalue weighted by Crippen LogP contribution is -2.35. The number of aliphatic imine (C=N–C) groups is 1. The molecular weight excluding hydrogens is 309 g/mol. The van der Waals surface area contributed by atoms with E-state index >= 15 is 0 Å². The smallest absolute Gasteiger partial charge is 0.160 e. The first-order valence-corrected chi connectivity index (χ1v) is 8.92. The summed E-state index contributed by atoms with van der Waals surface area (Å²) in [5.41, 5.74) is 2.07. The molecular formula is C18H18FN3S. The Morgan fingerprint density at radius 1 is 1.22 bits per heavy atom. The van der Waals surface area contributed by atoms with E-state index in [0.717, 1.165) is 28.6 Å². The Kier molecular flexibility index (Phi) is 3.81. The second-order valence-corrected chi connectivity index (χ2v) is 6.88. The molecule has 0 N–H and O–H groups in total. The summed E-state index contributed by atoms with van der Waals surface area (Å²) in [6.45, 7) is 2.21. The molecule has 1 saturated heterocycles. The Labute approximate surface area is 139 Å². The van der Waals surface area contributed by atoms with Crippen molar-refractivity contribution >= 4 is 16.9 Å². The standard InChI is InChI=1S/C18H18FN3S/c1-2-14-11-23-18-21-16(15-5-3-4-10-20-15)17(22(14)18)12-6-8-13(19)9-7-12/h3-10,14,16-17H,2,11H2,1H3/t14-,16-,17-/m1/s1. The molecule has 2 aromatic rings. The zero-order chi connectivity index (χ0) is 15.8. The van der Waals surface area contributed by atoms with Crippen LogP contribution in [-0.2, 0) is 0 Å². The summed E-state index contributed by atoms with van der Waals surface area (Å²) in [5.74, 6) is 0.868. The Morgan fingerprint density at radius 3 is 2.74 bits per heavy atom. The molecule has 2 aliphatic rings. The molecule has 3 atom stereocenters. The van der Waals surface area contributed by atoms with Gasteiger partial charge in [0.2, 0.25) is 0 Å². The van der Waals surface area contributed by atoms with Gasteiger partial charge in [0.05, 0.1) is 11.7 Å². The molecule has 3 nitrogen and oxygen atoms in total. The molecule has 4 rings (SSSR count). The van der Waals surface area contributed by atoms with Crippen LogP contribution in [-0.4, -0.2) is 26.8 Å². The minimum atomic E-state index is -0.204. The summed E-state index contributed by atoms with van der Waals surface area (Å²) in [5, 5.41) is 1.10. The highest BCUT2D eigenvalue weighted by atomic mass is 32.2. The summed E-state index contributed by atoms with van der Waals surface area (Å²) >= 11 is 1.82. The molecule has 5 heteroatoms. The first kappa shape index (κ1) is 14.7. The maximum absolute atomic E-state index is 13.3. The van der Waals surface area contributed by atoms with Gasteiger partial charge >= 0.3 is 0 Å². The lowest BCUT2D eigenvalue weighted by Gasteiger charge is -2.31. The van der Waals surface area contributed by atoms with Gasteiger partial charge in [-0.25, -0.2) is 4.39 Å². The van der Waals surface area contributed by atoms with Crippen LogP contribution in [0.25, 0.3) is 0 Å². The van der Waals surface area contributed by atoms with Crippen LogP contribution in [0.1, 0.15) is 36.7 Å². The van der Waals surface area contributed by atoms with Gasteiger partial charge in [0.15, 0.2) is 5.17 Å². The van der Waals surface area contributed by atoms with Gasteiger partial charge in [0, 0.05) is 18.0 Å². The van der Waals surface area contributed by atoms with E-state index in [1.54, 1.807) is 0 Å². The Bertz CT molecular complexity index is 717. The molecule has 1 aromatic heterocycles. The van der Waals surface area contributed by atoms with E-state index in [1.807, 2.05) is 48.3 Å². The minimum Gasteiger partial charge on any atom is -0.338 e. The van der Waals surface area contributed by atoms with Gasteiger partial charge in [-0.05, 0) is 36.2 Å². The fraction of sp³-hybridized carbons (Fsp3) is 0.333. The van der Waals surface area contributed by atoms with E-state index < -0.39 is 0 Å². The highest BCUT2D eigenvalue weighted by molar-refractivity contribution is 8.14. The molecule has 0 spiro atoms. The summed E-state index contributed by atoms with van der Waals surface area (Å²) in [7, 11) is 0. The molecule has 0 aliphatic carbocycles. The molecule has 1 aromatic carbocycles. The van der Waals surface area contributed by atoms with E-state index in [0.29, 0.717) is 6.04 Å². The summed E-state index contributed by atoms with van der Waals surface area (Å²) in [6, 6.07) is 13.3. The fourth-order valence-electron chi connectivity index (χ4n) is 3.37. The van der Waals surface area contributed by atoms with Crippen molar-refractivity contribution in [2.45, 2.75) is 31.5 Å². The van der Waals surface area contributed by atoms with Crippen molar-refractivity contribution in [3.8, 4) is 0 Å². The van der Waals surface area contributed by atoms with Gasteiger partial charge in [0.1, 0.15) is 11.9 Å². The summed E-state index contributed by atoms with van der Waals surface area (Å²) in [4.78, 5) is 11.9. The van der Waals surface area contributed by atoms with Crippen LogP contribution < -0.4 is 0 Å². The average Bonchev–Trinajstić information content (AvgIpc) is 3.15. The highest BCUT2D eigenvalue weighted by Crippen LogP contribution is 2.48. The Morgan fingerprint density at radius 2 is 2.04 bits per heavy atom. The number of halogens is 1. The van der Waals surface area contributed by atoms with Gasteiger partial charge in [-0.2, -0.15) is 0 Å². The van der Waals surface area contributed by atoms with Crippen molar-refractivity contribution in [1.82, 2.24) is 9.88 Å². The number of aromatic nitrogens is 1. The largest absolute Gasteiger partial charge is 0.338 e. The van der Waals surface area contributed by atoms with Crippen LogP contribution in [0.3, 0.4) is 0 Å². The molecule has 3 heterocycles. The van der Waals surface area contributed by atoms with Crippen LogP contribution in [0.4, 0.5) is 4.39 Å². The van der Waals surface area contributed by atoms with E-state index in [4.69, 9.17) is 4.99 Å². The number of nitrogens with zero attached hydrogens (tertiary/aromatic N) is 3. The van der Waals surface area contributed by atoms with Crippen molar-refractivity contribution in [2.24, 2.45) is 4.99 Å². The van der Waals surface area contributed by atoms with Crippen molar-refractivity contribution in [2.75, 3.05) is 5.75 Å². The minimum absolute atomic E-state index is 0.0292. The normalized spacial score (nSPS) is 26.3. The SMILES string of the molecule is CC[C@@H]1CSC2=N[C@H](c3ccccn3)[C@@H](c3ccc(F)cc3)N21. The predicted octanol–water partition coefficient (Wildman–Crippen LogP) is 4.20. The number of hydrogen-bond donors (Lipinski definition) is 0. The molecule has 0 unspecified atom stereocenters. The molecule has 0 saturated carbocycles. The molecule has 1 fully saturated rings. The van der Waals surface area contributed by atoms with E-state index in [9.17, 15) is 4.39 Å². The Balaban J connectivity index is 1.78. The number of pyridine rings is 1. The first-order valence-electron chi connectivity index (χ1n) is 7.93. The molecule has 118 valence electrons. The third-order valence-electron chi connectivity index (χ3n) is 4.54. The Hall–Kier alpha value is -1.88. The summed E-state index contributed by atoms with van der Waals surface area (Å²) in [6.07, 6.45) is 2.89. The van der Waals surface area contributed by atoms with Crippen LogP contribution in [0.2, 0.25) is 0 Å². The van der Waals surface area contributed by atoms with Gasteiger partial charge in [0.25, 0.3) is 0 Å². The number of amidine groups is 1. The highest BCUT2D eigenvalue weighted by Gasteiger charge is 2.45. The molecule has 0 bridgehead atoms. The summed E-state index contributed by atoms with van der Waals surface area (Å²) < 4.78 is 13.3. The quantitative estimate of drug-likeness (QED) is 0.846. The number of rotatable bonds is 3. The van der Waals surface area contributed by atoms with Crippen molar-refractivity contribution < 1.29 is 4.39 Å². The number of benzene rings is 1. The maximum atomic E-state index is 13.3. The van der Waals surface area contributed by atoms with Crippen LogP contribution in [0, 0.1) is 5.82 Å². The van der Waals surface area contributed by atoms with Crippen molar-refractivity contribution in [1.29, 1.82) is 0 Å². The van der Waals surface area contributed by atoms with Gasteiger partial charge < -0.3 is 4.90 Å². The molecule has 0 radical (unpaired) electrons. The van der Waals surface area contributed by atoms with Gasteiger partial charge in [-0.1, -0.05) is 36.9 Å². The molecule has 2 aliphatic heterocycles. The topological polar surface area (TPSA) is 28.5 Å².